The van der Waals surface area contributed by atoms with Crippen molar-refractivity contribution >= 4 is 5.69 Å². The third kappa shape index (κ3) is 3.18. The fraction of sp³-hybridized carbons (Fsp3) is 0.200. The molecule has 2 aromatic rings. The number of rotatable bonds is 4. The Hall–Kier alpha value is -2.74. The Morgan fingerprint density at radius 2 is 1.95 bits per heavy atom. The van der Waals surface area contributed by atoms with Crippen molar-refractivity contribution in [3.63, 3.8) is 0 Å². The minimum Gasteiger partial charge on any atom is -0.473 e. The van der Waals surface area contributed by atoms with E-state index in [0.29, 0.717) is 28.8 Å². The first-order valence-corrected chi connectivity index (χ1v) is 6.20. The number of nitriles is 1. The molecule has 0 saturated heterocycles. The smallest absolute Gasteiger partial charge is 0.240 e. The number of nitrogen functional groups attached to an aromatic ring is 1. The summed E-state index contributed by atoms with van der Waals surface area (Å²) in [5.74, 6) is 1.10. The molecule has 20 heavy (non-hydrogen) atoms. The van der Waals surface area contributed by atoms with Gasteiger partial charge in [-0.3, -0.25) is 0 Å². The first kappa shape index (κ1) is 13.7. The number of nitrogens with two attached hydrogens (primary N) is 1. The summed E-state index contributed by atoms with van der Waals surface area (Å²) in [4.78, 5) is 4.20. The highest BCUT2D eigenvalue weighted by atomic mass is 16.5. The number of nitrogens with zero attached hydrogens (tertiary/aromatic N) is 2. The van der Waals surface area contributed by atoms with Gasteiger partial charge in [0.1, 0.15) is 11.8 Å². The van der Waals surface area contributed by atoms with Gasteiger partial charge in [-0.05, 0) is 32.0 Å². The number of ether oxygens (including phenoxy) is 2. The quantitative estimate of drug-likeness (QED) is 0.922. The molecular formula is C15H15N3O2. The SMILES string of the molecule is CC(C)Oc1nc(Oc2ccccc2C#N)ccc1N. The molecule has 1 heterocycles. The Morgan fingerprint density at radius 3 is 2.65 bits per heavy atom. The average Bonchev–Trinajstić information content (AvgIpc) is 2.42. The van der Waals surface area contributed by atoms with E-state index in [0.717, 1.165) is 0 Å². The van der Waals surface area contributed by atoms with Gasteiger partial charge in [0.15, 0.2) is 0 Å². The lowest BCUT2D eigenvalue weighted by Crippen LogP contribution is -2.09. The zero-order chi connectivity index (χ0) is 14.5. The van der Waals surface area contributed by atoms with Crippen LogP contribution in [0.25, 0.3) is 0 Å². The molecule has 102 valence electrons. The first-order valence-electron chi connectivity index (χ1n) is 6.20. The molecule has 1 aromatic carbocycles. The molecule has 1 aromatic heterocycles. The topological polar surface area (TPSA) is 81.2 Å². The van der Waals surface area contributed by atoms with Crippen molar-refractivity contribution in [2.75, 3.05) is 5.73 Å². The Morgan fingerprint density at radius 1 is 1.20 bits per heavy atom. The van der Waals surface area contributed by atoms with E-state index < -0.39 is 0 Å². The zero-order valence-electron chi connectivity index (χ0n) is 11.3. The van der Waals surface area contributed by atoms with Crippen molar-refractivity contribution in [1.29, 1.82) is 5.26 Å². The number of hydrogen-bond acceptors (Lipinski definition) is 5. The Kier molecular flexibility index (Phi) is 4.06. The molecule has 0 spiro atoms. The van der Waals surface area contributed by atoms with Gasteiger partial charge in [-0.2, -0.15) is 10.2 Å². The van der Waals surface area contributed by atoms with Crippen molar-refractivity contribution in [3.05, 3.63) is 42.0 Å². The number of aromatic nitrogens is 1. The normalized spacial score (nSPS) is 10.1. The molecule has 0 saturated carbocycles. The Labute approximate surface area is 117 Å². The van der Waals surface area contributed by atoms with Gasteiger partial charge >= 0.3 is 0 Å². The van der Waals surface area contributed by atoms with Crippen molar-refractivity contribution in [2.24, 2.45) is 0 Å². The molecule has 0 atom stereocenters. The van der Waals surface area contributed by atoms with Crippen LogP contribution >= 0.6 is 0 Å². The minimum absolute atomic E-state index is 0.0357. The van der Waals surface area contributed by atoms with Gasteiger partial charge in [-0.1, -0.05) is 12.1 Å². The van der Waals surface area contributed by atoms with Crippen LogP contribution in [0.4, 0.5) is 5.69 Å². The highest BCUT2D eigenvalue weighted by molar-refractivity contribution is 5.50. The van der Waals surface area contributed by atoms with Gasteiger partial charge in [0, 0.05) is 6.07 Å². The molecule has 0 aliphatic carbocycles. The molecule has 0 aliphatic rings. The van der Waals surface area contributed by atoms with Gasteiger partial charge in [-0.15, -0.1) is 0 Å². The Bertz CT molecular complexity index is 648. The maximum absolute atomic E-state index is 9.02. The van der Waals surface area contributed by atoms with Gasteiger partial charge in [0.25, 0.3) is 0 Å². The molecule has 2 N–H and O–H groups in total. The summed E-state index contributed by atoms with van der Waals surface area (Å²) in [5.41, 5.74) is 6.68. The first-order chi connectivity index (χ1) is 9.60. The van der Waals surface area contributed by atoms with Crippen LogP contribution in [0.1, 0.15) is 19.4 Å². The van der Waals surface area contributed by atoms with E-state index in [-0.39, 0.29) is 6.10 Å². The molecule has 0 fully saturated rings. The third-order valence-corrected chi connectivity index (χ3v) is 2.43. The summed E-state index contributed by atoms with van der Waals surface area (Å²) in [6.45, 7) is 3.78. The summed E-state index contributed by atoms with van der Waals surface area (Å²) in [7, 11) is 0. The molecular weight excluding hydrogens is 254 g/mol. The van der Waals surface area contributed by atoms with E-state index in [1.807, 2.05) is 13.8 Å². The minimum atomic E-state index is -0.0357. The molecule has 0 aliphatic heterocycles. The average molecular weight is 269 g/mol. The van der Waals surface area contributed by atoms with Crippen LogP contribution < -0.4 is 15.2 Å². The number of anilines is 1. The van der Waals surface area contributed by atoms with E-state index in [1.165, 1.54) is 0 Å². The van der Waals surface area contributed by atoms with E-state index >= 15 is 0 Å². The lowest BCUT2D eigenvalue weighted by atomic mass is 10.2. The predicted molar refractivity (Wildman–Crippen MR) is 75.6 cm³/mol. The lowest BCUT2D eigenvalue weighted by molar-refractivity contribution is 0.232. The van der Waals surface area contributed by atoms with Crippen LogP contribution in [-0.2, 0) is 0 Å². The number of benzene rings is 1. The van der Waals surface area contributed by atoms with E-state index in [1.54, 1.807) is 36.4 Å². The van der Waals surface area contributed by atoms with Gasteiger partial charge in [0.05, 0.1) is 17.4 Å². The van der Waals surface area contributed by atoms with Crippen LogP contribution in [-0.4, -0.2) is 11.1 Å². The van der Waals surface area contributed by atoms with Crippen molar-refractivity contribution < 1.29 is 9.47 Å². The zero-order valence-corrected chi connectivity index (χ0v) is 11.3. The van der Waals surface area contributed by atoms with Crippen molar-refractivity contribution in [3.8, 4) is 23.6 Å². The molecule has 0 unspecified atom stereocenters. The van der Waals surface area contributed by atoms with E-state index in [2.05, 4.69) is 11.1 Å². The maximum atomic E-state index is 9.02. The van der Waals surface area contributed by atoms with Crippen molar-refractivity contribution in [1.82, 2.24) is 4.98 Å². The summed E-state index contributed by atoms with van der Waals surface area (Å²) in [6, 6.07) is 12.3. The summed E-state index contributed by atoms with van der Waals surface area (Å²) in [5, 5.41) is 9.02. The van der Waals surface area contributed by atoms with E-state index in [9.17, 15) is 0 Å². The summed E-state index contributed by atoms with van der Waals surface area (Å²) in [6.07, 6.45) is -0.0357. The second-order valence-corrected chi connectivity index (χ2v) is 4.42. The highest BCUT2D eigenvalue weighted by Gasteiger charge is 2.09. The number of pyridine rings is 1. The number of hydrogen-bond donors (Lipinski definition) is 1. The van der Waals surface area contributed by atoms with E-state index in [4.69, 9.17) is 20.5 Å². The Balaban J connectivity index is 2.28. The monoisotopic (exact) mass is 269 g/mol. The van der Waals surface area contributed by atoms with Crippen molar-refractivity contribution in [2.45, 2.75) is 20.0 Å². The fourth-order valence-electron chi connectivity index (χ4n) is 1.57. The van der Waals surface area contributed by atoms with Crippen LogP contribution in [0.2, 0.25) is 0 Å². The van der Waals surface area contributed by atoms with Crippen LogP contribution in [0.3, 0.4) is 0 Å². The van der Waals surface area contributed by atoms with Gasteiger partial charge < -0.3 is 15.2 Å². The van der Waals surface area contributed by atoms with Crippen LogP contribution in [0, 0.1) is 11.3 Å². The maximum Gasteiger partial charge on any atom is 0.240 e. The molecule has 5 nitrogen and oxygen atoms in total. The number of para-hydroxylation sites is 1. The van der Waals surface area contributed by atoms with Gasteiger partial charge in [-0.25, -0.2) is 0 Å². The fourth-order valence-corrected chi connectivity index (χ4v) is 1.57. The van der Waals surface area contributed by atoms with Crippen LogP contribution in [0.5, 0.6) is 17.5 Å². The molecule has 0 radical (unpaired) electrons. The largest absolute Gasteiger partial charge is 0.473 e. The van der Waals surface area contributed by atoms with Crippen LogP contribution in [0.15, 0.2) is 36.4 Å². The molecule has 2 rings (SSSR count). The summed E-state index contributed by atoms with van der Waals surface area (Å²) >= 11 is 0. The second-order valence-electron chi connectivity index (χ2n) is 4.42. The lowest BCUT2D eigenvalue weighted by Gasteiger charge is -2.12. The molecule has 0 amide bonds. The second kappa shape index (κ2) is 5.93. The molecule has 5 heteroatoms. The standard InChI is InChI=1S/C15H15N3O2/c1-10(2)19-15-12(17)7-8-14(18-15)20-13-6-4-3-5-11(13)9-16/h3-8,10H,17H2,1-2H3. The third-order valence-electron chi connectivity index (χ3n) is 2.43. The predicted octanol–water partition coefficient (Wildman–Crippen LogP) is 3.11. The molecule has 0 bridgehead atoms. The van der Waals surface area contributed by atoms with Gasteiger partial charge in [0.2, 0.25) is 11.8 Å². The highest BCUT2D eigenvalue weighted by Crippen LogP contribution is 2.28. The summed E-state index contributed by atoms with van der Waals surface area (Å²) < 4.78 is 11.1.